The lowest BCUT2D eigenvalue weighted by molar-refractivity contribution is 0.0142. The van der Waals surface area contributed by atoms with Crippen molar-refractivity contribution in [2.45, 2.75) is 45.8 Å². The van der Waals surface area contributed by atoms with Crippen molar-refractivity contribution >= 4 is 11.6 Å². The smallest absolute Gasteiger partial charge is 0.0550 e. The van der Waals surface area contributed by atoms with E-state index in [2.05, 4.69) is 20.8 Å². The lowest BCUT2D eigenvalue weighted by atomic mass is 10.2. The van der Waals surface area contributed by atoms with Gasteiger partial charge in [0, 0.05) is 5.88 Å². The number of hydrogen-bond acceptors (Lipinski definition) is 1. The van der Waals surface area contributed by atoms with E-state index in [4.69, 9.17) is 16.3 Å². The third-order valence-electron chi connectivity index (χ3n) is 1.25. The van der Waals surface area contributed by atoms with Gasteiger partial charge in [0.1, 0.15) is 0 Å². The Bertz CT molecular complexity index is 73.7. The standard InChI is InChI=1S/C8H17ClO/c1-7(2)10-8(3)5-4-6-9/h7-8H,4-6H2,1-3H3. The summed E-state index contributed by atoms with van der Waals surface area (Å²) in [5.74, 6) is 0.742. The van der Waals surface area contributed by atoms with Gasteiger partial charge in [-0.1, -0.05) is 0 Å². The summed E-state index contributed by atoms with van der Waals surface area (Å²) in [6.07, 6.45) is 2.82. The molecule has 0 aromatic heterocycles. The van der Waals surface area contributed by atoms with Crippen LogP contribution in [0.15, 0.2) is 0 Å². The summed E-state index contributed by atoms with van der Waals surface area (Å²) in [5.41, 5.74) is 0. The molecule has 0 rings (SSSR count). The molecule has 62 valence electrons. The van der Waals surface area contributed by atoms with Crippen LogP contribution in [-0.4, -0.2) is 18.1 Å². The highest BCUT2D eigenvalue weighted by atomic mass is 35.5. The van der Waals surface area contributed by atoms with E-state index in [0.717, 1.165) is 18.7 Å². The second-order valence-electron chi connectivity index (χ2n) is 2.83. The summed E-state index contributed by atoms with van der Waals surface area (Å²) < 4.78 is 5.49. The van der Waals surface area contributed by atoms with Gasteiger partial charge in [-0.05, 0) is 33.6 Å². The van der Waals surface area contributed by atoms with Crippen LogP contribution in [0.3, 0.4) is 0 Å². The van der Waals surface area contributed by atoms with E-state index < -0.39 is 0 Å². The number of alkyl halides is 1. The van der Waals surface area contributed by atoms with Gasteiger partial charge < -0.3 is 4.74 Å². The summed E-state index contributed by atoms with van der Waals surface area (Å²) in [7, 11) is 0. The molecular weight excluding hydrogens is 148 g/mol. The van der Waals surface area contributed by atoms with Gasteiger partial charge in [0.15, 0.2) is 0 Å². The van der Waals surface area contributed by atoms with Crippen molar-refractivity contribution in [3.63, 3.8) is 0 Å². The number of rotatable bonds is 5. The van der Waals surface area contributed by atoms with Crippen LogP contribution < -0.4 is 0 Å². The molecule has 1 unspecified atom stereocenters. The van der Waals surface area contributed by atoms with Gasteiger partial charge in [0.2, 0.25) is 0 Å². The zero-order valence-corrected chi connectivity index (χ0v) is 7.82. The fraction of sp³-hybridized carbons (Fsp3) is 1.00. The largest absolute Gasteiger partial charge is 0.376 e. The van der Waals surface area contributed by atoms with Gasteiger partial charge in [-0.15, -0.1) is 11.6 Å². The SMILES string of the molecule is CC(C)OC(C)CCCCl. The fourth-order valence-corrected chi connectivity index (χ4v) is 1.05. The Morgan fingerprint density at radius 1 is 1.30 bits per heavy atom. The van der Waals surface area contributed by atoms with Crippen LogP contribution in [-0.2, 0) is 4.74 Å². The summed E-state index contributed by atoms with van der Waals surface area (Å²) in [6.45, 7) is 6.20. The molecule has 1 nitrogen and oxygen atoms in total. The molecule has 0 aromatic rings. The molecule has 1 atom stereocenters. The minimum atomic E-state index is 0.338. The highest BCUT2D eigenvalue weighted by molar-refractivity contribution is 6.17. The second-order valence-corrected chi connectivity index (χ2v) is 3.20. The molecule has 0 aromatic carbocycles. The number of halogens is 1. The van der Waals surface area contributed by atoms with Gasteiger partial charge >= 0.3 is 0 Å². The van der Waals surface area contributed by atoms with Crippen molar-refractivity contribution in [1.29, 1.82) is 0 Å². The van der Waals surface area contributed by atoms with Crippen LogP contribution in [0.25, 0.3) is 0 Å². The van der Waals surface area contributed by atoms with E-state index in [-0.39, 0.29) is 0 Å². The topological polar surface area (TPSA) is 9.23 Å². The Balaban J connectivity index is 3.16. The average molecular weight is 165 g/mol. The first kappa shape index (κ1) is 10.2. The predicted octanol–water partition coefficient (Wildman–Crippen LogP) is 2.82. The molecule has 0 aliphatic heterocycles. The molecule has 0 amide bonds. The lowest BCUT2D eigenvalue weighted by Crippen LogP contribution is -2.13. The van der Waals surface area contributed by atoms with Crippen LogP contribution in [0, 0.1) is 0 Å². The highest BCUT2D eigenvalue weighted by Crippen LogP contribution is 2.04. The maximum Gasteiger partial charge on any atom is 0.0550 e. The molecule has 2 heteroatoms. The van der Waals surface area contributed by atoms with Crippen LogP contribution in [0.5, 0.6) is 0 Å². The van der Waals surface area contributed by atoms with E-state index in [9.17, 15) is 0 Å². The Labute approximate surface area is 68.7 Å². The molecule has 0 spiro atoms. The van der Waals surface area contributed by atoms with E-state index in [1.165, 1.54) is 0 Å². The maximum absolute atomic E-state index is 5.53. The van der Waals surface area contributed by atoms with Crippen LogP contribution in [0.4, 0.5) is 0 Å². The van der Waals surface area contributed by atoms with Gasteiger partial charge in [0.25, 0.3) is 0 Å². The molecule has 10 heavy (non-hydrogen) atoms. The normalized spacial score (nSPS) is 14.1. The van der Waals surface area contributed by atoms with Crippen molar-refractivity contribution in [3.05, 3.63) is 0 Å². The molecule has 0 N–H and O–H groups in total. The zero-order valence-electron chi connectivity index (χ0n) is 7.06. The van der Waals surface area contributed by atoms with Crippen LogP contribution in [0.1, 0.15) is 33.6 Å². The van der Waals surface area contributed by atoms with E-state index in [1.807, 2.05) is 0 Å². The minimum absolute atomic E-state index is 0.338. The Morgan fingerprint density at radius 3 is 2.30 bits per heavy atom. The van der Waals surface area contributed by atoms with Crippen molar-refractivity contribution in [2.24, 2.45) is 0 Å². The number of ether oxygens (including phenoxy) is 1. The fourth-order valence-electron chi connectivity index (χ4n) is 0.897. The van der Waals surface area contributed by atoms with Crippen molar-refractivity contribution in [1.82, 2.24) is 0 Å². The maximum atomic E-state index is 5.53. The molecule has 0 aliphatic rings. The third-order valence-corrected chi connectivity index (χ3v) is 1.52. The third kappa shape index (κ3) is 6.37. The number of hydrogen-bond donors (Lipinski definition) is 0. The second kappa shape index (κ2) is 5.99. The molecule has 0 fully saturated rings. The molecule has 0 radical (unpaired) electrons. The van der Waals surface area contributed by atoms with Gasteiger partial charge in [-0.25, -0.2) is 0 Å². The van der Waals surface area contributed by atoms with Gasteiger partial charge in [0.05, 0.1) is 12.2 Å². The Hall–Kier alpha value is 0.250. The van der Waals surface area contributed by atoms with Crippen molar-refractivity contribution in [3.8, 4) is 0 Å². The quantitative estimate of drug-likeness (QED) is 0.568. The van der Waals surface area contributed by atoms with E-state index in [0.29, 0.717) is 12.2 Å². The van der Waals surface area contributed by atoms with Crippen molar-refractivity contribution in [2.75, 3.05) is 5.88 Å². The Morgan fingerprint density at radius 2 is 1.90 bits per heavy atom. The van der Waals surface area contributed by atoms with Crippen LogP contribution in [0.2, 0.25) is 0 Å². The minimum Gasteiger partial charge on any atom is -0.376 e. The van der Waals surface area contributed by atoms with Crippen LogP contribution >= 0.6 is 11.6 Å². The van der Waals surface area contributed by atoms with E-state index >= 15 is 0 Å². The first-order valence-electron chi connectivity index (χ1n) is 3.88. The van der Waals surface area contributed by atoms with E-state index in [1.54, 1.807) is 0 Å². The highest BCUT2D eigenvalue weighted by Gasteiger charge is 2.02. The molecule has 0 aliphatic carbocycles. The summed E-state index contributed by atoms with van der Waals surface area (Å²) >= 11 is 5.53. The summed E-state index contributed by atoms with van der Waals surface area (Å²) in [5, 5.41) is 0. The monoisotopic (exact) mass is 164 g/mol. The molecule has 0 heterocycles. The van der Waals surface area contributed by atoms with Gasteiger partial charge in [-0.2, -0.15) is 0 Å². The predicted molar refractivity (Wildman–Crippen MR) is 45.6 cm³/mol. The van der Waals surface area contributed by atoms with Crippen molar-refractivity contribution < 1.29 is 4.74 Å². The lowest BCUT2D eigenvalue weighted by Gasteiger charge is -2.14. The average Bonchev–Trinajstić information content (AvgIpc) is 1.82. The molecule has 0 saturated carbocycles. The summed E-state index contributed by atoms with van der Waals surface area (Å²) in [6, 6.07) is 0. The molecule has 0 bridgehead atoms. The first-order chi connectivity index (χ1) is 4.66. The van der Waals surface area contributed by atoms with Gasteiger partial charge in [-0.3, -0.25) is 0 Å². The Kier molecular flexibility index (Phi) is 6.14. The molecular formula is C8H17ClO. The first-order valence-corrected chi connectivity index (χ1v) is 4.41. The zero-order chi connectivity index (χ0) is 7.98. The molecule has 0 saturated heterocycles. The summed E-state index contributed by atoms with van der Waals surface area (Å²) in [4.78, 5) is 0.